The van der Waals surface area contributed by atoms with Crippen LogP contribution >= 0.6 is 11.6 Å². The average Bonchev–Trinajstić information content (AvgIpc) is 2.68. The number of nitrogens with two attached hydrogens (primary N) is 1. The fraction of sp³-hybridized carbons (Fsp3) is 0.150. The smallest absolute Gasteiger partial charge is 0.275 e. The minimum absolute atomic E-state index is 0.0156. The molecule has 0 aliphatic rings. The molecule has 3 N–H and O–H groups in total. The number of halogens is 1. The van der Waals surface area contributed by atoms with E-state index in [4.69, 9.17) is 16.7 Å². The molecule has 1 aromatic heterocycles. The van der Waals surface area contributed by atoms with Gasteiger partial charge in [0.1, 0.15) is 0 Å². The van der Waals surface area contributed by atoms with E-state index >= 15 is 0 Å². The Labute approximate surface area is 178 Å². The average molecular weight is 447 g/mol. The summed E-state index contributed by atoms with van der Waals surface area (Å²) >= 11 is 5.90. The summed E-state index contributed by atoms with van der Waals surface area (Å²) in [7, 11) is -3.75. The molecule has 3 rings (SSSR count). The molecule has 0 fully saturated rings. The molecular formula is C20H19ClN4O4S. The number of aryl methyl sites for hydroxylation is 1. The van der Waals surface area contributed by atoms with Crippen molar-refractivity contribution >= 4 is 27.5 Å². The summed E-state index contributed by atoms with van der Waals surface area (Å²) in [6.45, 7) is 1.96. The number of nitrogens with zero attached hydrogens (tertiary/aromatic N) is 2. The van der Waals surface area contributed by atoms with Gasteiger partial charge in [0, 0.05) is 23.3 Å². The van der Waals surface area contributed by atoms with Gasteiger partial charge in [0.2, 0.25) is 15.5 Å². The molecule has 0 unspecified atom stereocenters. The monoisotopic (exact) mass is 446 g/mol. The summed E-state index contributed by atoms with van der Waals surface area (Å²) in [6.07, 6.45) is 0.438. The van der Waals surface area contributed by atoms with Crippen molar-refractivity contribution in [2.45, 2.75) is 18.2 Å². The molecule has 30 heavy (non-hydrogen) atoms. The van der Waals surface area contributed by atoms with Crippen LogP contribution in [0.5, 0.6) is 0 Å². The Kier molecular flexibility index (Phi) is 6.35. The van der Waals surface area contributed by atoms with E-state index in [1.54, 1.807) is 43.3 Å². The molecule has 1 heterocycles. The zero-order valence-corrected chi connectivity index (χ0v) is 17.6. The summed E-state index contributed by atoms with van der Waals surface area (Å²) in [5, 5.41) is 12.5. The quantitative estimate of drug-likeness (QED) is 0.597. The van der Waals surface area contributed by atoms with E-state index in [0.29, 0.717) is 22.8 Å². The Morgan fingerprint density at radius 1 is 1.13 bits per heavy atom. The van der Waals surface area contributed by atoms with E-state index in [2.05, 4.69) is 10.4 Å². The van der Waals surface area contributed by atoms with Gasteiger partial charge in [0.25, 0.3) is 5.91 Å². The van der Waals surface area contributed by atoms with Crippen LogP contribution in [0.2, 0.25) is 5.02 Å². The molecule has 0 radical (unpaired) electrons. The van der Waals surface area contributed by atoms with Gasteiger partial charge in [-0.05, 0) is 55.3 Å². The number of benzene rings is 2. The lowest BCUT2D eigenvalue weighted by Crippen LogP contribution is -2.33. The number of carbonyl (C=O) groups excluding carboxylic acids is 1. The number of carbonyl (C=O) groups is 1. The van der Waals surface area contributed by atoms with Gasteiger partial charge in [-0.25, -0.2) is 18.2 Å². The molecule has 0 saturated heterocycles. The first kappa shape index (κ1) is 21.7. The lowest BCUT2D eigenvalue weighted by molar-refractivity contribution is 0.0946. The zero-order chi connectivity index (χ0) is 21.9. The van der Waals surface area contributed by atoms with Gasteiger partial charge < -0.3 is 5.32 Å². The third-order valence-electron chi connectivity index (χ3n) is 4.34. The van der Waals surface area contributed by atoms with Crippen molar-refractivity contribution in [1.29, 1.82) is 0 Å². The summed E-state index contributed by atoms with van der Waals surface area (Å²) < 4.78 is 24.1. The van der Waals surface area contributed by atoms with Crippen molar-refractivity contribution in [2.24, 2.45) is 5.14 Å². The van der Waals surface area contributed by atoms with Gasteiger partial charge in [0.05, 0.1) is 10.6 Å². The Bertz CT molecular complexity index is 1240. The minimum Gasteiger partial charge on any atom is -0.350 e. The molecule has 8 nitrogen and oxygen atoms in total. The number of hydrogen-bond donors (Lipinski definition) is 2. The largest absolute Gasteiger partial charge is 0.350 e. The van der Waals surface area contributed by atoms with Crippen LogP contribution in [0.25, 0.3) is 5.69 Å². The van der Waals surface area contributed by atoms with Crippen LogP contribution in [0.1, 0.15) is 21.7 Å². The SMILES string of the molecule is Cc1cc(=O)c(C(=O)NCCc2ccc(S(N)(=O)=O)cc2)nn1-c1ccc(Cl)cc1. The Hall–Kier alpha value is -3.01. The van der Waals surface area contributed by atoms with Crippen LogP contribution in [-0.4, -0.2) is 30.7 Å². The highest BCUT2D eigenvalue weighted by atomic mass is 35.5. The molecule has 0 bridgehead atoms. The standard InChI is InChI=1S/C20H19ClN4O4S/c1-13-12-18(26)19(24-25(13)16-6-4-15(21)5-7-16)20(27)23-11-10-14-2-8-17(9-3-14)30(22,28)29/h2-9,12H,10-11H2,1H3,(H,23,27)(H2,22,28,29). The fourth-order valence-electron chi connectivity index (χ4n) is 2.80. The third-order valence-corrected chi connectivity index (χ3v) is 5.53. The lowest BCUT2D eigenvalue weighted by Gasteiger charge is -2.11. The molecule has 10 heteroatoms. The van der Waals surface area contributed by atoms with Crippen LogP contribution < -0.4 is 15.9 Å². The van der Waals surface area contributed by atoms with E-state index in [0.717, 1.165) is 5.56 Å². The van der Waals surface area contributed by atoms with Crippen molar-refractivity contribution in [2.75, 3.05) is 6.54 Å². The number of rotatable bonds is 6. The maximum Gasteiger partial charge on any atom is 0.275 e. The van der Waals surface area contributed by atoms with Gasteiger partial charge in [-0.3, -0.25) is 9.59 Å². The van der Waals surface area contributed by atoms with Crippen molar-refractivity contribution in [3.63, 3.8) is 0 Å². The molecule has 1 amide bonds. The summed E-state index contributed by atoms with van der Waals surface area (Å²) in [5.41, 5.74) is 1.35. The number of aromatic nitrogens is 2. The Balaban J connectivity index is 1.71. The normalized spacial score (nSPS) is 11.3. The molecule has 0 aliphatic heterocycles. The molecule has 156 valence electrons. The van der Waals surface area contributed by atoms with Crippen molar-refractivity contribution < 1.29 is 13.2 Å². The molecule has 3 aromatic rings. The number of sulfonamides is 1. The van der Waals surface area contributed by atoms with Crippen LogP contribution in [0, 0.1) is 6.92 Å². The van der Waals surface area contributed by atoms with E-state index in [-0.39, 0.29) is 17.1 Å². The van der Waals surface area contributed by atoms with E-state index in [1.807, 2.05) is 0 Å². The van der Waals surface area contributed by atoms with Crippen LogP contribution in [-0.2, 0) is 16.4 Å². The molecule has 0 saturated carbocycles. The molecule has 0 aliphatic carbocycles. The maximum atomic E-state index is 12.5. The summed E-state index contributed by atoms with van der Waals surface area (Å²) in [6, 6.07) is 14.2. The summed E-state index contributed by atoms with van der Waals surface area (Å²) in [5.74, 6) is -0.594. The second-order valence-corrected chi connectivity index (χ2v) is 8.58. The molecule has 2 aromatic carbocycles. The first-order chi connectivity index (χ1) is 14.1. The van der Waals surface area contributed by atoms with Crippen molar-refractivity contribution in [3.05, 3.63) is 86.8 Å². The van der Waals surface area contributed by atoms with E-state index in [9.17, 15) is 18.0 Å². The predicted molar refractivity (Wildman–Crippen MR) is 113 cm³/mol. The van der Waals surface area contributed by atoms with Gasteiger partial charge in [0.15, 0.2) is 5.69 Å². The third kappa shape index (κ3) is 5.12. The molecule has 0 spiro atoms. The highest BCUT2D eigenvalue weighted by Gasteiger charge is 2.15. The maximum absolute atomic E-state index is 12.5. The van der Waals surface area contributed by atoms with E-state index in [1.165, 1.54) is 22.9 Å². The number of primary sulfonamides is 1. The predicted octanol–water partition coefficient (Wildman–Crippen LogP) is 1.81. The number of nitrogens with one attached hydrogen (secondary N) is 1. The van der Waals surface area contributed by atoms with Crippen LogP contribution in [0.4, 0.5) is 0 Å². The second-order valence-electron chi connectivity index (χ2n) is 6.58. The number of amides is 1. The van der Waals surface area contributed by atoms with Gasteiger partial charge in [-0.2, -0.15) is 5.10 Å². The summed E-state index contributed by atoms with van der Waals surface area (Å²) in [4.78, 5) is 24.8. The molecule has 0 atom stereocenters. The van der Waals surface area contributed by atoms with Crippen LogP contribution in [0.15, 0.2) is 64.3 Å². The molecular weight excluding hydrogens is 428 g/mol. The van der Waals surface area contributed by atoms with Gasteiger partial charge in [-0.1, -0.05) is 23.7 Å². The van der Waals surface area contributed by atoms with E-state index < -0.39 is 21.4 Å². The highest BCUT2D eigenvalue weighted by Crippen LogP contribution is 2.14. The topological polar surface area (TPSA) is 124 Å². The highest BCUT2D eigenvalue weighted by molar-refractivity contribution is 7.89. The number of hydrogen-bond acceptors (Lipinski definition) is 5. The fourth-order valence-corrected chi connectivity index (χ4v) is 3.44. The first-order valence-corrected chi connectivity index (χ1v) is 10.8. The lowest BCUT2D eigenvalue weighted by atomic mass is 10.1. The Morgan fingerprint density at radius 3 is 2.37 bits per heavy atom. The second kappa shape index (κ2) is 8.78. The van der Waals surface area contributed by atoms with Crippen molar-refractivity contribution in [1.82, 2.24) is 15.1 Å². The van der Waals surface area contributed by atoms with Crippen molar-refractivity contribution in [3.8, 4) is 5.69 Å². The van der Waals surface area contributed by atoms with Gasteiger partial charge in [-0.15, -0.1) is 0 Å². The minimum atomic E-state index is -3.75. The van der Waals surface area contributed by atoms with Crippen LogP contribution in [0.3, 0.4) is 0 Å². The first-order valence-electron chi connectivity index (χ1n) is 8.92. The zero-order valence-electron chi connectivity index (χ0n) is 16.0. The van der Waals surface area contributed by atoms with Gasteiger partial charge >= 0.3 is 0 Å². The Morgan fingerprint density at radius 2 is 1.77 bits per heavy atom.